The van der Waals surface area contributed by atoms with E-state index in [1.165, 1.54) is 11.3 Å². The smallest absolute Gasteiger partial charge is 0.250 e. The Hall–Kier alpha value is -0.430. The molecule has 1 aromatic rings. The average Bonchev–Trinajstić information content (AvgIpc) is 2.96. The summed E-state index contributed by atoms with van der Waals surface area (Å²) >= 11 is 1.37. The van der Waals surface area contributed by atoms with Gasteiger partial charge in [-0.1, -0.05) is 13.8 Å². The Bertz CT molecular complexity index is 516. The van der Waals surface area contributed by atoms with Crippen LogP contribution in [-0.4, -0.2) is 20.5 Å². The second kappa shape index (κ2) is 5.28. The summed E-state index contributed by atoms with van der Waals surface area (Å²) in [5, 5.41) is 3.32. The molecular weight excluding hydrogens is 268 g/mol. The highest BCUT2D eigenvalue weighted by Crippen LogP contribution is 2.28. The van der Waals surface area contributed by atoms with Crippen LogP contribution in [0.2, 0.25) is 0 Å². The van der Waals surface area contributed by atoms with Crippen molar-refractivity contribution in [3.63, 3.8) is 0 Å². The van der Waals surface area contributed by atoms with Gasteiger partial charge < -0.3 is 5.32 Å². The first-order valence-electron chi connectivity index (χ1n) is 6.23. The van der Waals surface area contributed by atoms with Gasteiger partial charge in [-0.3, -0.25) is 0 Å². The zero-order valence-electron chi connectivity index (χ0n) is 11.0. The van der Waals surface area contributed by atoms with Gasteiger partial charge in [0.2, 0.25) is 10.0 Å². The highest BCUT2D eigenvalue weighted by Gasteiger charge is 2.29. The number of sulfonamides is 1. The number of nitrogens with one attached hydrogen (secondary N) is 2. The molecule has 4 nitrogen and oxygen atoms in total. The Kier molecular flexibility index (Phi) is 4.11. The van der Waals surface area contributed by atoms with E-state index >= 15 is 0 Å². The molecule has 18 heavy (non-hydrogen) atoms. The lowest BCUT2D eigenvalue weighted by molar-refractivity contribution is 0.583. The first-order valence-corrected chi connectivity index (χ1v) is 8.53. The summed E-state index contributed by atoms with van der Waals surface area (Å²) in [5.74, 6) is 0. The van der Waals surface area contributed by atoms with E-state index in [1.54, 1.807) is 6.07 Å². The van der Waals surface area contributed by atoms with E-state index in [0.717, 1.165) is 29.8 Å². The monoisotopic (exact) mass is 288 g/mol. The molecule has 1 heterocycles. The van der Waals surface area contributed by atoms with Gasteiger partial charge in [-0.25, -0.2) is 13.1 Å². The predicted molar refractivity (Wildman–Crippen MR) is 74.4 cm³/mol. The molecule has 1 aliphatic carbocycles. The lowest BCUT2D eigenvalue weighted by Crippen LogP contribution is -2.24. The lowest BCUT2D eigenvalue weighted by atomic mass is 10.3. The molecule has 2 rings (SSSR count). The Labute approximate surface area is 113 Å². The third-order valence-electron chi connectivity index (χ3n) is 2.83. The fourth-order valence-corrected chi connectivity index (χ4v) is 4.43. The highest BCUT2D eigenvalue weighted by atomic mass is 32.2. The molecule has 0 amide bonds. The van der Waals surface area contributed by atoms with Gasteiger partial charge >= 0.3 is 0 Å². The zero-order valence-corrected chi connectivity index (χ0v) is 12.6. The van der Waals surface area contributed by atoms with Gasteiger partial charge in [-0.2, -0.15) is 0 Å². The summed E-state index contributed by atoms with van der Waals surface area (Å²) in [7, 11) is -3.30. The molecule has 0 bridgehead atoms. The van der Waals surface area contributed by atoms with Crippen LogP contribution in [0.3, 0.4) is 0 Å². The van der Waals surface area contributed by atoms with Crippen molar-refractivity contribution < 1.29 is 8.42 Å². The standard InChI is InChI=1S/C12H20N2O2S2/c1-8(2)13-7-11-9(3)6-12(17-11)18(15,16)14-10-4-5-10/h6,8,10,13-14H,4-5,7H2,1-3H3. The first-order chi connectivity index (χ1) is 8.38. The summed E-state index contributed by atoms with van der Waals surface area (Å²) in [5.41, 5.74) is 1.05. The number of aryl methyl sites for hydroxylation is 1. The van der Waals surface area contributed by atoms with Crippen LogP contribution in [0.4, 0.5) is 0 Å². The van der Waals surface area contributed by atoms with Crippen LogP contribution in [0.15, 0.2) is 10.3 Å². The van der Waals surface area contributed by atoms with Crippen LogP contribution in [-0.2, 0) is 16.6 Å². The van der Waals surface area contributed by atoms with Gasteiger partial charge in [0.25, 0.3) is 0 Å². The summed E-state index contributed by atoms with van der Waals surface area (Å²) in [4.78, 5) is 1.10. The van der Waals surface area contributed by atoms with Crippen molar-refractivity contribution in [2.45, 2.75) is 56.5 Å². The number of hydrogen-bond acceptors (Lipinski definition) is 4. The SMILES string of the molecule is Cc1cc(S(=O)(=O)NC2CC2)sc1CNC(C)C. The minimum atomic E-state index is -3.30. The molecule has 0 saturated heterocycles. The van der Waals surface area contributed by atoms with Crippen molar-refractivity contribution in [3.05, 3.63) is 16.5 Å². The fraction of sp³-hybridized carbons (Fsp3) is 0.667. The quantitative estimate of drug-likeness (QED) is 0.841. The Morgan fingerprint density at radius 1 is 1.44 bits per heavy atom. The molecule has 1 saturated carbocycles. The Morgan fingerprint density at radius 2 is 2.11 bits per heavy atom. The van der Waals surface area contributed by atoms with Crippen LogP contribution < -0.4 is 10.0 Å². The van der Waals surface area contributed by atoms with E-state index in [9.17, 15) is 8.42 Å². The van der Waals surface area contributed by atoms with Gasteiger partial charge in [0.15, 0.2) is 0 Å². The third kappa shape index (κ3) is 3.54. The maximum Gasteiger partial charge on any atom is 0.250 e. The average molecular weight is 288 g/mol. The predicted octanol–water partition coefficient (Wildman–Crippen LogP) is 2.00. The van der Waals surface area contributed by atoms with Crippen molar-refractivity contribution in [1.82, 2.24) is 10.0 Å². The van der Waals surface area contributed by atoms with Crippen LogP contribution in [0, 0.1) is 6.92 Å². The van der Waals surface area contributed by atoms with Crippen molar-refractivity contribution in [2.75, 3.05) is 0 Å². The van der Waals surface area contributed by atoms with E-state index in [2.05, 4.69) is 23.9 Å². The summed E-state index contributed by atoms with van der Waals surface area (Å²) < 4.78 is 27.3. The fourth-order valence-electron chi connectivity index (χ4n) is 1.57. The summed E-state index contributed by atoms with van der Waals surface area (Å²) in [6, 6.07) is 2.33. The van der Waals surface area contributed by atoms with Crippen LogP contribution in [0.5, 0.6) is 0 Å². The molecular formula is C12H20N2O2S2. The largest absolute Gasteiger partial charge is 0.310 e. The van der Waals surface area contributed by atoms with E-state index in [1.807, 2.05) is 6.92 Å². The Morgan fingerprint density at radius 3 is 2.67 bits per heavy atom. The zero-order chi connectivity index (χ0) is 13.3. The second-order valence-corrected chi connectivity index (χ2v) is 8.18. The maximum atomic E-state index is 12.1. The van der Waals surface area contributed by atoms with E-state index in [4.69, 9.17) is 0 Å². The third-order valence-corrected chi connectivity index (χ3v) is 6.06. The van der Waals surface area contributed by atoms with Crippen LogP contribution in [0.25, 0.3) is 0 Å². The first kappa shape index (κ1) is 14.0. The number of thiophene rings is 1. The van der Waals surface area contributed by atoms with Crippen LogP contribution in [0.1, 0.15) is 37.1 Å². The highest BCUT2D eigenvalue weighted by molar-refractivity contribution is 7.91. The second-order valence-electron chi connectivity index (χ2n) is 5.10. The van der Waals surface area contributed by atoms with Gasteiger partial charge in [-0.15, -0.1) is 11.3 Å². The molecule has 0 spiro atoms. The molecule has 102 valence electrons. The molecule has 0 aromatic carbocycles. The Balaban J connectivity index is 2.11. The van der Waals surface area contributed by atoms with Gasteiger partial charge in [-0.05, 0) is 31.4 Å². The van der Waals surface area contributed by atoms with Crippen molar-refractivity contribution in [1.29, 1.82) is 0 Å². The minimum absolute atomic E-state index is 0.162. The van der Waals surface area contributed by atoms with Crippen molar-refractivity contribution >= 4 is 21.4 Å². The molecule has 6 heteroatoms. The van der Waals surface area contributed by atoms with Crippen molar-refractivity contribution in [3.8, 4) is 0 Å². The molecule has 1 aromatic heterocycles. The molecule has 1 fully saturated rings. The number of hydrogen-bond donors (Lipinski definition) is 2. The topological polar surface area (TPSA) is 58.2 Å². The molecule has 0 unspecified atom stereocenters. The van der Waals surface area contributed by atoms with Gasteiger partial charge in [0.05, 0.1) is 0 Å². The minimum Gasteiger partial charge on any atom is -0.310 e. The molecule has 0 aliphatic heterocycles. The lowest BCUT2D eigenvalue weighted by Gasteiger charge is -2.06. The number of rotatable bonds is 6. The van der Waals surface area contributed by atoms with E-state index < -0.39 is 10.0 Å². The molecule has 2 N–H and O–H groups in total. The summed E-state index contributed by atoms with van der Waals surface area (Å²) in [6.45, 7) is 6.85. The molecule has 0 radical (unpaired) electrons. The molecule has 0 atom stereocenters. The van der Waals surface area contributed by atoms with Gasteiger partial charge in [0, 0.05) is 23.5 Å². The van der Waals surface area contributed by atoms with Crippen LogP contribution >= 0.6 is 11.3 Å². The normalized spacial score (nSPS) is 16.4. The maximum absolute atomic E-state index is 12.1. The van der Waals surface area contributed by atoms with E-state index in [-0.39, 0.29) is 6.04 Å². The summed E-state index contributed by atoms with van der Waals surface area (Å²) in [6.07, 6.45) is 1.93. The van der Waals surface area contributed by atoms with E-state index in [0.29, 0.717) is 10.3 Å². The molecule has 1 aliphatic rings. The van der Waals surface area contributed by atoms with Gasteiger partial charge in [0.1, 0.15) is 4.21 Å². The van der Waals surface area contributed by atoms with Crippen molar-refractivity contribution in [2.24, 2.45) is 0 Å².